The number of para-hydroxylation sites is 1. The Morgan fingerprint density at radius 3 is 2.95 bits per heavy atom. The van der Waals surface area contributed by atoms with Crippen LogP contribution in [0, 0.1) is 6.92 Å². The van der Waals surface area contributed by atoms with Crippen molar-refractivity contribution in [1.82, 2.24) is 5.43 Å². The number of fused-ring (bicyclic) bond motifs is 1. The number of aryl methyl sites for hydroxylation is 1. The van der Waals surface area contributed by atoms with Gasteiger partial charge in [-0.2, -0.15) is 11.3 Å². The predicted octanol–water partition coefficient (Wildman–Crippen LogP) is 3.55. The standard InChI is InChI=1S/C15H16N2OS/c1-10-3-2-4-12-8-14(18-15(10)12)13(17-16)7-11-5-6-19-9-11/h2-6,8-9,13,17H,7,16H2,1H3. The molecule has 2 aromatic heterocycles. The number of benzene rings is 1. The van der Waals surface area contributed by atoms with Gasteiger partial charge in [-0.1, -0.05) is 18.2 Å². The molecule has 3 aromatic rings. The predicted molar refractivity (Wildman–Crippen MR) is 79.0 cm³/mol. The van der Waals surface area contributed by atoms with Crippen LogP contribution in [0.4, 0.5) is 0 Å². The second-order valence-electron chi connectivity index (χ2n) is 4.70. The van der Waals surface area contributed by atoms with Crippen molar-refractivity contribution < 1.29 is 4.42 Å². The molecule has 0 amide bonds. The van der Waals surface area contributed by atoms with Crippen LogP contribution >= 0.6 is 11.3 Å². The van der Waals surface area contributed by atoms with E-state index in [1.165, 1.54) is 5.56 Å². The summed E-state index contributed by atoms with van der Waals surface area (Å²) in [5, 5.41) is 5.34. The van der Waals surface area contributed by atoms with Gasteiger partial charge in [0, 0.05) is 5.39 Å². The Bertz CT molecular complexity index is 673. The van der Waals surface area contributed by atoms with Gasteiger partial charge in [-0.15, -0.1) is 0 Å². The van der Waals surface area contributed by atoms with E-state index in [0.717, 1.165) is 28.7 Å². The van der Waals surface area contributed by atoms with E-state index in [0.29, 0.717) is 0 Å². The Kier molecular flexibility index (Phi) is 3.38. The fourth-order valence-corrected chi connectivity index (χ4v) is 2.97. The van der Waals surface area contributed by atoms with Gasteiger partial charge in [0.2, 0.25) is 0 Å². The molecule has 1 atom stereocenters. The summed E-state index contributed by atoms with van der Waals surface area (Å²) in [6.45, 7) is 2.05. The Morgan fingerprint density at radius 2 is 2.26 bits per heavy atom. The molecular formula is C15H16N2OS. The zero-order valence-electron chi connectivity index (χ0n) is 10.7. The number of thiophene rings is 1. The normalized spacial score (nSPS) is 12.9. The van der Waals surface area contributed by atoms with Gasteiger partial charge in [-0.3, -0.25) is 5.84 Å². The Morgan fingerprint density at radius 1 is 1.37 bits per heavy atom. The summed E-state index contributed by atoms with van der Waals surface area (Å²) >= 11 is 1.70. The Hall–Kier alpha value is -1.62. The van der Waals surface area contributed by atoms with Gasteiger partial charge in [-0.05, 0) is 47.4 Å². The first-order valence-corrected chi connectivity index (χ1v) is 7.18. The SMILES string of the molecule is Cc1cccc2cc(C(Cc3ccsc3)NN)oc12. The molecule has 0 aliphatic heterocycles. The average Bonchev–Trinajstić information content (AvgIpc) is 3.05. The van der Waals surface area contributed by atoms with Crippen LogP contribution in [0.5, 0.6) is 0 Å². The summed E-state index contributed by atoms with van der Waals surface area (Å²) in [6.07, 6.45) is 0.832. The van der Waals surface area contributed by atoms with E-state index in [1.54, 1.807) is 11.3 Å². The van der Waals surface area contributed by atoms with Crippen molar-refractivity contribution in [3.63, 3.8) is 0 Å². The van der Waals surface area contributed by atoms with Crippen molar-refractivity contribution in [1.29, 1.82) is 0 Å². The third-order valence-corrected chi connectivity index (χ3v) is 4.06. The van der Waals surface area contributed by atoms with Gasteiger partial charge in [0.1, 0.15) is 11.3 Å². The number of hydrazine groups is 1. The first-order valence-electron chi connectivity index (χ1n) is 6.24. The lowest BCUT2D eigenvalue weighted by Crippen LogP contribution is -2.29. The zero-order chi connectivity index (χ0) is 13.2. The molecule has 3 rings (SSSR count). The highest BCUT2D eigenvalue weighted by Gasteiger charge is 2.16. The molecule has 1 aromatic carbocycles. The number of hydrogen-bond acceptors (Lipinski definition) is 4. The molecule has 2 heterocycles. The van der Waals surface area contributed by atoms with Crippen LogP contribution in [-0.2, 0) is 6.42 Å². The lowest BCUT2D eigenvalue weighted by Gasteiger charge is -2.11. The maximum Gasteiger partial charge on any atom is 0.137 e. The van der Waals surface area contributed by atoms with E-state index in [-0.39, 0.29) is 6.04 Å². The molecule has 1 unspecified atom stereocenters. The Balaban J connectivity index is 1.95. The fourth-order valence-electron chi connectivity index (χ4n) is 2.29. The molecule has 0 bridgehead atoms. The van der Waals surface area contributed by atoms with Crippen LogP contribution in [0.25, 0.3) is 11.0 Å². The quantitative estimate of drug-likeness (QED) is 0.564. The fraction of sp³-hybridized carbons (Fsp3) is 0.200. The van der Waals surface area contributed by atoms with E-state index < -0.39 is 0 Å². The molecule has 0 aliphatic carbocycles. The van der Waals surface area contributed by atoms with Crippen molar-refractivity contribution >= 4 is 22.3 Å². The number of furan rings is 1. The lowest BCUT2D eigenvalue weighted by atomic mass is 10.1. The highest BCUT2D eigenvalue weighted by molar-refractivity contribution is 7.07. The molecule has 0 spiro atoms. The zero-order valence-corrected chi connectivity index (χ0v) is 11.5. The summed E-state index contributed by atoms with van der Waals surface area (Å²) in [5.74, 6) is 6.56. The minimum Gasteiger partial charge on any atom is -0.459 e. The van der Waals surface area contributed by atoms with E-state index in [2.05, 4.69) is 47.4 Å². The van der Waals surface area contributed by atoms with Crippen molar-refractivity contribution in [2.75, 3.05) is 0 Å². The van der Waals surface area contributed by atoms with Gasteiger partial charge >= 0.3 is 0 Å². The molecule has 0 saturated heterocycles. The molecule has 19 heavy (non-hydrogen) atoms. The van der Waals surface area contributed by atoms with Crippen LogP contribution in [-0.4, -0.2) is 0 Å². The van der Waals surface area contributed by atoms with Crippen LogP contribution in [0.15, 0.2) is 45.5 Å². The van der Waals surface area contributed by atoms with Gasteiger partial charge in [-0.25, -0.2) is 5.43 Å². The molecule has 0 radical (unpaired) electrons. The van der Waals surface area contributed by atoms with Crippen LogP contribution in [0.2, 0.25) is 0 Å². The van der Waals surface area contributed by atoms with Gasteiger partial charge in [0.25, 0.3) is 0 Å². The van der Waals surface area contributed by atoms with Crippen molar-refractivity contribution in [3.8, 4) is 0 Å². The molecule has 0 aliphatic rings. The monoisotopic (exact) mass is 272 g/mol. The first-order chi connectivity index (χ1) is 9.28. The van der Waals surface area contributed by atoms with E-state index in [4.69, 9.17) is 10.3 Å². The minimum atomic E-state index is 0.00130. The van der Waals surface area contributed by atoms with Crippen molar-refractivity contribution in [2.24, 2.45) is 5.84 Å². The van der Waals surface area contributed by atoms with E-state index in [9.17, 15) is 0 Å². The lowest BCUT2D eigenvalue weighted by molar-refractivity contribution is 0.434. The number of rotatable bonds is 4. The van der Waals surface area contributed by atoms with Crippen LogP contribution < -0.4 is 11.3 Å². The summed E-state index contributed by atoms with van der Waals surface area (Å²) in [4.78, 5) is 0. The number of nitrogens with one attached hydrogen (secondary N) is 1. The van der Waals surface area contributed by atoms with E-state index >= 15 is 0 Å². The third kappa shape index (κ3) is 2.42. The molecule has 98 valence electrons. The molecule has 3 N–H and O–H groups in total. The van der Waals surface area contributed by atoms with Crippen molar-refractivity contribution in [3.05, 3.63) is 58.0 Å². The summed E-state index contributed by atoms with van der Waals surface area (Å²) in [7, 11) is 0. The van der Waals surface area contributed by atoms with E-state index in [1.807, 2.05) is 6.07 Å². The molecule has 0 fully saturated rings. The highest BCUT2D eigenvalue weighted by Crippen LogP contribution is 2.28. The summed E-state index contributed by atoms with van der Waals surface area (Å²) in [5.41, 5.74) is 6.21. The molecule has 4 heteroatoms. The van der Waals surface area contributed by atoms with Gasteiger partial charge < -0.3 is 4.42 Å². The average molecular weight is 272 g/mol. The summed E-state index contributed by atoms with van der Waals surface area (Å²) < 4.78 is 5.96. The highest BCUT2D eigenvalue weighted by atomic mass is 32.1. The second-order valence-corrected chi connectivity index (χ2v) is 5.48. The maximum atomic E-state index is 5.96. The van der Waals surface area contributed by atoms with Crippen LogP contribution in [0.1, 0.15) is 22.9 Å². The Labute approximate surface area is 116 Å². The van der Waals surface area contributed by atoms with Crippen LogP contribution in [0.3, 0.4) is 0 Å². The third-order valence-electron chi connectivity index (χ3n) is 3.32. The topological polar surface area (TPSA) is 51.2 Å². The molecule has 3 nitrogen and oxygen atoms in total. The largest absolute Gasteiger partial charge is 0.459 e. The minimum absolute atomic E-state index is 0.00130. The number of hydrogen-bond donors (Lipinski definition) is 2. The smallest absolute Gasteiger partial charge is 0.137 e. The second kappa shape index (κ2) is 5.17. The van der Waals surface area contributed by atoms with Crippen molar-refractivity contribution in [2.45, 2.75) is 19.4 Å². The number of nitrogens with two attached hydrogens (primary N) is 1. The molecule has 0 saturated carbocycles. The van der Waals surface area contributed by atoms with Gasteiger partial charge in [0.15, 0.2) is 0 Å². The maximum absolute atomic E-state index is 5.96. The first kappa shape index (κ1) is 12.4. The molecular weight excluding hydrogens is 256 g/mol. The summed E-state index contributed by atoms with van der Waals surface area (Å²) in [6, 6.07) is 10.3. The van der Waals surface area contributed by atoms with Gasteiger partial charge in [0.05, 0.1) is 6.04 Å².